The van der Waals surface area contributed by atoms with Crippen LogP contribution in [0.15, 0.2) is 45.6 Å². The van der Waals surface area contributed by atoms with E-state index < -0.39 is 96.1 Å². The average molecular weight is 595 g/mol. The topological polar surface area (TPSA) is 249 Å². The number of aliphatic hydroxyl groups excluding tert-OH is 6. The Bertz CT molecular complexity index is 1470. The quantitative estimate of drug-likeness (QED) is 0.159. The zero-order valence-corrected chi connectivity index (χ0v) is 21.9. The minimum Gasteiger partial charge on any atom is -0.508 e. The molecule has 2 saturated heterocycles. The predicted octanol–water partition coefficient (Wildman–Crippen LogP) is -1.39. The lowest BCUT2D eigenvalue weighted by Gasteiger charge is -2.45. The van der Waals surface area contributed by atoms with Gasteiger partial charge in [-0.1, -0.05) is 0 Å². The largest absolute Gasteiger partial charge is 0.508 e. The molecule has 0 aliphatic carbocycles. The molecule has 0 amide bonds. The molecule has 2 aromatic carbocycles. The van der Waals surface area contributed by atoms with Gasteiger partial charge in [-0.3, -0.25) is 4.79 Å². The van der Waals surface area contributed by atoms with Crippen LogP contribution in [-0.2, 0) is 14.2 Å². The van der Waals surface area contributed by atoms with E-state index in [1.807, 2.05) is 0 Å². The van der Waals surface area contributed by atoms with E-state index >= 15 is 0 Å². The van der Waals surface area contributed by atoms with Crippen LogP contribution in [-0.4, -0.2) is 114 Å². The van der Waals surface area contributed by atoms with Crippen molar-refractivity contribution >= 4 is 11.0 Å². The van der Waals surface area contributed by atoms with Gasteiger partial charge in [0.1, 0.15) is 64.8 Å². The third-order valence-electron chi connectivity index (χ3n) is 7.21. The number of aromatic hydroxyl groups is 3. The number of aliphatic hydroxyl groups is 6. The molecule has 3 heterocycles. The van der Waals surface area contributed by atoms with Crippen molar-refractivity contribution in [1.82, 2.24) is 0 Å². The summed E-state index contributed by atoms with van der Waals surface area (Å²) in [7, 11) is 0. The van der Waals surface area contributed by atoms with Crippen LogP contribution in [0.4, 0.5) is 0 Å². The molecule has 228 valence electrons. The van der Waals surface area contributed by atoms with Crippen molar-refractivity contribution in [3.8, 4) is 34.3 Å². The maximum absolute atomic E-state index is 13.7. The molecule has 9 N–H and O–H groups in total. The first-order valence-electron chi connectivity index (χ1n) is 12.9. The zero-order valence-electron chi connectivity index (χ0n) is 21.9. The molecule has 1 aromatic heterocycles. The van der Waals surface area contributed by atoms with E-state index in [-0.39, 0.29) is 22.7 Å². The Balaban J connectivity index is 1.60. The summed E-state index contributed by atoms with van der Waals surface area (Å²) < 4.78 is 28.5. The molecule has 2 fully saturated rings. The standard InChI is InChI=1S/C27H30O15/c1-9-17(32)20(35)22(37)26(38-9)42-25-21(36)18(33)15(8-28)40-27(25)41-24-19(34)16-13(31)6-12(30)7-14(16)39-23(24)10-2-4-11(29)5-3-10/h2-7,9,15,17-18,20-22,25-33,35-37H,8H2,1H3/t9-,15+,17-,18+,20+,21-,22+,25+,26-,27-/m0/s1. The molecule has 15 heteroatoms. The van der Waals surface area contributed by atoms with Crippen LogP contribution < -0.4 is 10.2 Å². The lowest BCUT2D eigenvalue weighted by Crippen LogP contribution is -2.64. The monoisotopic (exact) mass is 594 g/mol. The summed E-state index contributed by atoms with van der Waals surface area (Å²) >= 11 is 0. The van der Waals surface area contributed by atoms with Crippen molar-refractivity contribution in [2.45, 2.75) is 68.3 Å². The lowest BCUT2D eigenvalue weighted by molar-refractivity contribution is -0.354. The fraction of sp³-hybridized carbons (Fsp3) is 0.444. The van der Waals surface area contributed by atoms with E-state index in [2.05, 4.69) is 0 Å². The Hall–Kier alpha value is -3.51. The smallest absolute Gasteiger partial charge is 0.239 e. The van der Waals surface area contributed by atoms with Gasteiger partial charge in [0, 0.05) is 17.7 Å². The Morgan fingerprint density at radius 1 is 0.810 bits per heavy atom. The lowest BCUT2D eigenvalue weighted by atomic mass is 9.97. The Morgan fingerprint density at radius 3 is 2.17 bits per heavy atom. The Morgan fingerprint density at radius 2 is 1.50 bits per heavy atom. The minimum atomic E-state index is -1.87. The van der Waals surface area contributed by atoms with E-state index in [1.54, 1.807) is 0 Å². The van der Waals surface area contributed by atoms with E-state index in [0.717, 1.165) is 12.1 Å². The van der Waals surface area contributed by atoms with Crippen LogP contribution in [0.3, 0.4) is 0 Å². The molecule has 0 unspecified atom stereocenters. The SMILES string of the molecule is C[C@@H]1O[C@@H](O[C@H]2[C@H](Oc3c(-c4ccc(O)cc4)oc4cc(O)cc(O)c4c3=O)O[C@H](CO)[C@@H](O)[C@@H]2O)[C@H](O)[C@H](O)[C@H]1O. The van der Waals surface area contributed by atoms with Crippen molar-refractivity contribution in [3.63, 3.8) is 0 Å². The van der Waals surface area contributed by atoms with Gasteiger partial charge in [0.25, 0.3) is 0 Å². The molecular formula is C27H30O15. The van der Waals surface area contributed by atoms with Crippen LogP contribution in [0, 0.1) is 0 Å². The van der Waals surface area contributed by atoms with Gasteiger partial charge in [0.05, 0.1) is 12.7 Å². The van der Waals surface area contributed by atoms with Gasteiger partial charge in [-0.15, -0.1) is 0 Å². The van der Waals surface area contributed by atoms with Crippen LogP contribution >= 0.6 is 0 Å². The molecule has 10 atom stereocenters. The highest BCUT2D eigenvalue weighted by atomic mass is 16.8. The van der Waals surface area contributed by atoms with Gasteiger partial charge < -0.3 is 69.3 Å². The number of rotatable bonds is 6. The highest BCUT2D eigenvalue weighted by Crippen LogP contribution is 2.38. The van der Waals surface area contributed by atoms with Crippen LogP contribution in [0.2, 0.25) is 0 Å². The van der Waals surface area contributed by atoms with E-state index in [9.17, 15) is 50.8 Å². The first kappa shape index (κ1) is 30.0. The summed E-state index contributed by atoms with van der Waals surface area (Å²) in [4.78, 5) is 13.7. The minimum absolute atomic E-state index is 0.112. The second-order valence-electron chi connectivity index (χ2n) is 10.1. The number of benzene rings is 2. The van der Waals surface area contributed by atoms with Gasteiger partial charge >= 0.3 is 0 Å². The summed E-state index contributed by atoms with van der Waals surface area (Å²) in [5.74, 6) is -2.03. The third kappa shape index (κ3) is 5.37. The number of ether oxygens (including phenoxy) is 4. The number of hydrogen-bond acceptors (Lipinski definition) is 15. The fourth-order valence-corrected chi connectivity index (χ4v) is 4.87. The number of phenols is 3. The van der Waals surface area contributed by atoms with Gasteiger partial charge in [-0.05, 0) is 31.2 Å². The fourth-order valence-electron chi connectivity index (χ4n) is 4.87. The highest BCUT2D eigenvalue weighted by Gasteiger charge is 2.51. The van der Waals surface area contributed by atoms with Gasteiger partial charge in [0.2, 0.25) is 17.5 Å². The molecular weight excluding hydrogens is 564 g/mol. The third-order valence-corrected chi connectivity index (χ3v) is 7.21. The van der Waals surface area contributed by atoms with E-state index in [1.165, 1.54) is 31.2 Å². The summed E-state index contributed by atoms with van der Waals surface area (Å²) in [5, 5.41) is 91.6. The van der Waals surface area contributed by atoms with Crippen molar-refractivity contribution in [2.24, 2.45) is 0 Å². The summed E-state index contributed by atoms with van der Waals surface area (Å²) in [6, 6.07) is 7.31. The Kier molecular flexibility index (Phi) is 8.30. The van der Waals surface area contributed by atoms with Crippen molar-refractivity contribution < 1.29 is 69.3 Å². The van der Waals surface area contributed by atoms with Gasteiger partial charge in [0.15, 0.2) is 18.2 Å². The van der Waals surface area contributed by atoms with Crippen LogP contribution in [0.25, 0.3) is 22.3 Å². The average Bonchev–Trinajstić information content (AvgIpc) is 2.95. The molecule has 2 aliphatic heterocycles. The number of hydrogen-bond donors (Lipinski definition) is 9. The van der Waals surface area contributed by atoms with E-state index in [0.29, 0.717) is 0 Å². The molecule has 15 nitrogen and oxygen atoms in total. The summed E-state index contributed by atoms with van der Waals surface area (Å²) in [6.07, 6.45) is -16.3. The van der Waals surface area contributed by atoms with Crippen molar-refractivity contribution in [3.05, 3.63) is 46.6 Å². The van der Waals surface area contributed by atoms with Crippen LogP contribution in [0.5, 0.6) is 23.0 Å². The maximum atomic E-state index is 13.7. The molecule has 0 spiro atoms. The van der Waals surface area contributed by atoms with E-state index in [4.69, 9.17) is 23.4 Å². The zero-order chi connectivity index (χ0) is 30.5. The first-order chi connectivity index (χ1) is 19.9. The Labute approximate surface area is 236 Å². The van der Waals surface area contributed by atoms with Gasteiger partial charge in [-0.25, -0.2) is 0 Å². The second-order valence-corrected chi connectivity index (χ2v) is 10.1. The molecule has 0 saturated carbocycles. The molecule has 42 heavy (non-hydrogen) atoms. The first-order valence-corrected chi connectivity index (χ1v) is 12.9. The second kappa shape index (κ2) is 11.6. The van der Waals surface area contributed by atoms with Crippen molar-refractivity contribution in [2.75, 3.05) is 6.61 Å². The molecule has 3 aromatic rings. The number of fused-ring (bicyclic) bond motifs is 1. The molecule has 2 aliphatic rings. The summed E-state index contributed by atoms with van der Waals surface area (Å²) in [6.45, 7) is 0.593. The highest BCUT2D eigenvalue weighted by molar-refractivity contribution is 5.88. The molecule has 0 bridgehead atoms. The van der Waals surface area contributed by atoms with Crippen molar-refractivity contribution in [1.29, 1.82) is 0 Å². The maximum Gasteiger partial charge on any atom is 0.239 e. The molecule has 5 rings (SSSR count). The molecule has 0 radical (unpaired) electrons. The van der Waals surface area contributed by atoms with Crippen LogP contribution in [0.1, 0.15) is 6.92 Å². The number of phenolic OH excluding ortho intramolecular Hbond substituents is 3. The van der Waals surface area contributed by atoms with Gasteiger partial charge in [-0.2, -0.15) is 0 Å². The summed E-state index contributed by atoms with van der Waals surface area (Å²) in [5.41, 5.74) is -0.995. The predicted molar refractivity (Wildman–Crippen MR) is 139 cm³/mol. The normalized spacial score (nSPS) is 33.5.